The number of quaternary nitrogens is 1. The van der Waals surface area contributed by atoms with Gasteiger partial charge in [-0.1, -0.05) is 31.4 Å². The molecule has 3 fully saturated rings. The van der Waals surface area contributed by atoms with E-state index in [9.17, 15) is 14.0 Å². The molecule has 2 heterocycles. The molecule has 30 heavy (non-hydrogen) atoms. The molecule has 1 aromatic rings. The van der Waals surface area contributed by atoms with Gasteiger partial charge >= 0.3 is 0 Å². The quantitative estimate of drug-likeness (QED) is 0.665. The van der Waals surface area contributed by atoms with Gasteiger partial charge < -0.3 is 15.5 Å². The van der Waals surface area contributed by atoms with E-state index in [1.165, 1.54) is 42.7 Å². The van der Waals surface area contributed by atoms with Crippen LogP contribution in [0.15, 0.2) is 24.3 Å². The normalized spacial score (nSPS) is 29.2. The molecule has 2 unspecified atom stereocenters. The largest absolute Gasteiger partial charge is 0.353 e. The molecule has 0 spiro atoms. The van der Waals surface area contributed by atoms with Crippen molar-refractivity contribution in [2.24, 2.45) is 5.92 Å². The third kappa shape index (κ3) is 5.39. The molecule has 2 aliphatic heterocycles. The molecule has 1 aliphatic carbocycles. The van der Waals surface area contributed by atoms with Crippen molar-refractivity contribution >= 4 is 11.8 Å². The van der Waals surface area contributed by atoms with Crippen molar-refractivity contribution in [3.05, 3.63) is 35.6 Å². The first-order chi connectivity index (χ1) is 14.6. The summed E-state index contributed by atoms with van der Waals surface area (Å²) < 4.78 is 13.0. The van der Waals surface area contributed by atoms with Gasteiger partial charge in [-0.3, -0.25) is 9.59 Å². The maximum absolute atomic E-state index is 13.0. The average molecular weight is 417 g/mol. The summed E-state index contributed by atoms with van der Waals surface area (Å²) in [6, 6.07) is 7.42. The lowest BCUT2D eigenvalue weighted by atomic mass is 9.81. The van der Waals surface area contributed by atoms with E-state index < -0.39 is 0 Å². The van der Waals surface area contributed by atoms with Gasteiger partial charge in [-0.05, 0) is 49.8 Å². The van der Waals surface area contributed by atoms with Crippen LogP contribution in [0.2, 0.25) is 0 Å². The molecule has 164 valence electrons. The van der Waals surface area contributed by atoms with E-state index in [1.54, 1.807) is 12.1 Å². The standard InChI is InChI=1S/C24H34FN3O2/c25-19-11-9-17(10-12-19)15-26-23(29)16-28-21-7-4-8-22(28)14-20(13-21)27-24(30)18-5-2-1-3-6-18/h9-12,18,20-22H,1-8,13-16H2,(H,26,29)(H,27,30)/p+1/t20?,21-,22+. The first-order valence-corrected chi connectivity index (χ1v) is 11.8. The fourth-order valence-electron chi connectivity index (χ4n) is 5.78. The second-order valence-corrected chi connectivity index (χ2v) is 9.49. The van der Waals surface area contributed by atoms with Crippen LogP contribution in [0, 0.1) is 11.7 Å². The molecule has 2 bridgehead atoms. The van der Waals surface area contributed by atoms with Crippen LogP contribution in [0.1, 0.15) is 69.8 Å². The second kappa shape index (κ2) is 9.90. The van der Waals surface area contributed by atoms with E-state index >= 15 is 0 Å². The third-order valence-electron chi connectivity index (χ3n) is 7.38. The minimum Gasteiger partial charge on any atom is -0.353 e. The number of halogens is 1. The van der Waals surface area contributed by atoms with Crippen LogP contribution in [-0.2, 0) is 16.1 Å². The van der Waals surface area contributed by atoms with Gasteiger partial charge in [-0.15, -0.1) is 0 Å². The Balaban J connectivity index is 1.27. The molecule has 4 rings (SSSR count). The first-order valence-electron chi connectivity index (χ1n) is 11.8. The predicted octanol–water partition coefficient (Wildman–Crippen LogP) is 2.11. The fourth-order valence-corrected chi connectivity index (χ4v) is 5.78. The summed E-state index contributed by atoms with van der Waals surface area (Å²) in [6.45, 7) is 0.918. The zero-order chi connectivity index (χ0) is 20.9. The second-order valence-electron chi connectivity index (χ2n) is 9.49. The Morgan fingerprint density at radius 2 is 1.60 bits per heavy atom. The highest BCUT2D eigenvalue weighted by atomic mass is 19.1. The number of hydrogen-bond acceptors (Lipinski definition) is 2. The van der Waals surface area contributed by atoms with Crippen LogP contribution in [0.5, 0.6) is 0 Å². The summed E-state index contributed by atoms with van der Waals surface area (Å²) in [4.78, 5) is 26.6. The van der Waals surface area contributed by atoms with Crippen molar-refractivity contribution in [3.8, 4) is 0 Å². The van der Waals surface area contributed by atoms with Crippen molar-refractivity contribution in [3.63, 3.8) is 0 Å². The lowest BCUT2D eigenvalue weighted by Gasteiger charge is -2.45. The number of rotatable bonds is 6. The Labute approximate surface area is 178 Å². The highest BCUT2D eigenvalue weighted by Crippen LogP contribution is 2.26. The van der Waals surface area contributed by atoms with E-state index in [0.717, 1.165) is 44.1 Å². The third-order valence-corrected chi connectivity index (χ3v) is 7.38. The summed E-state index contributed by atoms with van der Waals surface area (Å²) in [6.07, 6.45) is 11.1. The van der Waals surface area contributed by atoms with Crippen molar-refractivity contribution in [2.45, 2.75) is 88.9 Å². The van der Waals surface area contributed by atoms with E-state index in [2.05, 4.69) is 10.6 Å². The van der Waals surface area contributed by atoms with Crippen molar-refractivity contribution in [2.75, 3.05) is 6.54 Å². The van der Waals surface area contributed by atoms with Gasteiger partial charge in [0.2, 0.25) is 5.91 Å². The molecule has 0 radical (unpaired) electrons. The number of carbonyl (C=O) groups is 2. The van der Waals surface area contributed by atoms with Crippen LogP contribution in [0.25, 0.3) is 0 Å². The van der Waals surface area contributed by atoms with Crippen LogP contribution in [-0.4, -0.2) is 36.5 Å². The number of fused-ring (bicyclic) bond motifs is 2. The van der Waals surface area contributed by atoms with Crippen molar-refractivity contribution in [1.29, 1.82) is 0 Å². The molecule has 0 aromatic heterocycles. The maximum Gasteiger partial charge on any atom is 0.275 e. The van der Waals surface area contributed by atoms with Gasteiger partial charge in [0.05, 0.1) is 12.1 Å². The Morgan fingerprint density at radius 3 is 2.27 bits per heavy atom. The van der Waals surface area contributed by atoms with E-state index in [1.807, 2.05) is 0 Å². The molecule has 5 nitrogen and oxygen atoms in total. The van der Waals surface area contributed by atoms with E-state index in [4.69, 9.17) is 0 Å². The van der Waals surface area contributed by atoms with E-state index in [-0.39, 0.29) is 29.6 Å². The lowest BCUT2D eigenvalue weighted by molar-refractivity contribution is -0.953. The molecule has 1 aromatic carbocycles. The fraction of sp³-hybridized carbons (Fsp3) is 0.667. The molecule has 3 N–H and O–H groups in total. The average Bonchev–Trinajstić information content (AvgIpc) is 2.74. The number of amides is 2. The highest BCUT2D eigenvalue weighted by Gasteiger charge is 2.43. The van der Waals surface area contributed by atoms with Gasteiger partial charge in [0.15, 0.2) is 6.54 Å². The van der Waals surface area contributed by atoms with Gasteiger partial charge in [0.25, 0.3) is 5.91 Å². The van der Waals surface area contributed by atoms with Crippen molar-refractivity contribution < 1.29 is 18.9 Å². The summed E-state index contributed by atoms with van der Waals surface area (Å²) >= 11 is 0. The van der Waals surface area contributed by atoms with Crippen LogP contribution in [0.4, 0.5) is 4.39 Å². The SMILES string of the molecule is O=C(C[NH+]1[C@@H]2CCC[C@H]1CC(NC(=O)C1CCCCC1)C2)NCc1ccc(F)cc1. The minimum atomic E-state index is -0.263. The number of nitrogens with one attached hydrogen (secondary N) is 3. The topological polar surface area (TPSA) is 62.6 Å². The van der Waals surface area contributed by atoms with Gasteiger partial charge in [-0.25, -0.2) is 4.39 Å². The van der Waals surface area contributed by atoms with Gasteiger partial charge in [0, 0.05) is 31.3 Å². The Hall–Kier alpha value is -1.95. The van der Waals surface area contributed by atoms with Crippen molar-refractivity contribution in [1.82, 2.24) is 10.6 Å². The number of benzene rings is 1. The maximum atomic E-state index is 13.0. The molecular weight excluding hydrogens is 381 g/mol. The van der Waals surface area contributed by atoms with Gasteiger partial charge in [0.1, 0.15) is 5.82 Å². The Morgan fingerprint density at radius 1 is 0.933 bits per heavy atom. The van der Waals surface area contributed by atoms with Gasteiger partial charge in [-0.2, -0.15) is 0 Å². The molecule has 3 aliphatic rings. The van der Waals surface area contributed by atoms with Crippen LogP contribution in [0.3, 0.4) is 0 Å². The highest BCUT2D eigenvalue weighted by molar-refractivity contribution is 5.79. The molecule has 2 saturated heterocycles. The Kier molecular flexibility index (Phi) is 7.03. The summed E-state index contributed by atoms with van der Waals surface area (Å²) in [5.74, 6) is 0.260. The smallest absolute Gasteiger partial charge is 0.275 e. The molecule has 2 amide bonds. The zero-order valence-corrected chi connectivity index (χ0v) is 17.8. The van der Waals surface area contributed by atoms with E-state index in [0.29, 0.717) is 25.2 Å². The summed E-state index contributed by atoms with van der Waals surface area (Å²) in [7, 11) is 0. The number of piperidine rings is 2. The number of hydrogen-bond donors (Lipinski definition) is 3. The minimum absolute atomic E-state index is 0.0518. The summed E-state index contributed by atoms with van der Waals surface area (Å²) in [5, 5.41) is 6.35. The first kappa shape index (κ1) is 21.3. The molecular formula is C24H35FN3O2+. The molecule has 6 heteroatoms. The van der Waals surface area contributed by atoms with Crippen LogP contribution >= 0.6 is 0 Å². The summed E-state index contributed by atoms with van der Waals surface area (Å²) in [5.41, 5.74) is 0.907. The molecule has 4 atom stereocenters. The zero-order valence-electron chi connectivity index (χ0n) is 17.8. The molecule has 1 saturated carbocycles. The number of carbonyl (C=O) groups excluding carboxylic acids is 2. The lowest BCUT2D eigenvalue weighted by Crippen LogP contribution is -3.22. The van der Waals surface area contributed by atoms with Crippen LogP contribution < -0.4 is 15.5 Å². The monoisotopic (exact) mass is 416 g/mol. The Bertz CT molecular complexity index is 718. The predicted molar refractivity (Wildman–Crippen MR) is 113 cm³/mol.